The van der Waals surface area contributed by atoms with Crippen molar-refractivity contribution in [3.05, 3.63) is 0 Å². The molecule has 0 aliphatic carbocycles. The average molecular weight is 461 g/mol. The van der Waals surface area contributed by atoms with Crippen LogP contribution in [0.15, 0.2) is 0 Å². The summed E-state index contributed by atoms with van der Waals surface area (Å²) < 4.78 is 18.1. The molecule has 0 rings (SSSR count). The highest BCUT2D eigenvalue weighted by atomic mass is 32.2. The van der Waals surface area contributed by atoms with Gasteiger partial charge in [0.1, 0.15) is 0 Å². The van der Waals surface area contributed by atoms with Gasteiger partial charge in [-0.2, -0.15) is 0 Å². The molecule has 0 spiro atoms. The molecule has 4 heteroatoms. The summed E-state index contributed by atoms with van der Waals surface area (Å²) in [5.74, 6) is 1.25. The van der Waals surface area contributed by atoms with Crippen molar-refractivity contribution in [2.24, 2.45) is 0 Å². The number of aliphatic hydroxyl groups is 1. The molecule has 3 nitrogen and oxygen atoms in total. The third kappa shape index (κ3) is 24.5. The second kappa shape index (κ2) is 26.3. The molecular weight excluding hydrogens is 404 g/mol. The molecular formula is C27H56O3S. The fourth-order valence-electron chi connectivity index (χ4n) is 4.03. The van der Waals surface area contributed by atoms with Crippen molar-refractivity contribution in [2.45, 2.75) is 148 Å². The van der Waals surface area contributed by atoms with E-state index < -0.39 is 10.8 Å². The number of ether oxygens (including phenoxy) is 1. The van der Waals surface area contributed by atoms with E-state index in [1.54, 1.807) is 0 Å². The van der Waals surface area contributed by atoms with Crippen LogP contribution in [-0.4, -0.2) is 40.1 Å². The fourth-order valence-corrected chi connectivity index (χ4v) is 5.34. The minimum atomic E-state index is -0.863. The van der Waals surface area contributed by atoms with Crippen LogP contribution in [0.2, 0.25) is 0 Å². The van der Waals surface area contributed by atoms with Gasteiger partial charge in [-0.3, -0.25) is 4.21 Å². The van der Waals surface area contributed by atoms with Crippen molar-refractivity contribution >= 4 is 10.8 Å². The summed E-state index contributed by atoms with van der Waals surface area (Å²) >= 11 is 0. The molecule has 0 amide bonds. The van der Waals surface area contributed by atoms with Crippen molar-refractivity contribution in [3.63, 3.8) is 0 Å². The van der Waals surface area contributed by atoms with Crippen molar-refractivity contribution in [3.8, 4) is 0 Å². The number of hydrogen-bond donors (Lipinski definition) is 1. The molecule has 0 aliphatic heterocycles. The highest BCUT2D eigenvalue weighted by Crippen LogP contribution is 2.12. The van der Waals surface area contributed by atoms with E-state index >= 15 is 0 Å². The Hall–Kier alpha value is 0.0700. The predicted octanol–water partition coefficient (Wildman–Crippen LogP) is 7.95. The van der Waals surface area contributed by atoms with E-state index in [9.17, 15) is 9.32 Å². The van der Waals surface area contributed by atoms with E-state index in [-0.39, 0.29) is 12.7 Å². The van der Waals surface area contributed by atoms with Crippen molar-refractivity contribution in [1.29, 1.82) is 0 Å². The lowest BCUT2D eigenvalue weighted by molar-refractivity contribution is 0.0255. The molecule has 2 atom stereocenters. The van der Waals surface area contributed by atoms with Gasteiger partial charge in [-0.1, -0.05) is 129 Å². The Balaban J connectivity index is 3.45. The van der Waals surface area contributed by atoms with Gasteiger partial charge in [-0.15, -0.1) is 0 Å². The largest absolute Gasteiger partial charge is 0.394 e. The normalized spacial score (nSPS) is 13.5. The quantitative estimate of drug-likeness (QED) is 0.133. The zero-order chi connectivity index (χ0) is 22.8. The highest BCUT2D eigenvalue weighted by Gasteiger charge is 2.12. The average Bonchev–Trinajstić information content (AvgIpc) is 2.77. The van der Waals surface area contributed by atoms with E-state index in [0.717, 1.165) is 18.6 Å². The SMILES string of the molecule is CCCCCCCCCCCCOC(CO)CS(=O)CCCCCCCCCCCC. The van der Waals surface area contributed by atoms with Gasteiger partial charge in [0.25, 0.3) is 0 Å². The summed E-state index contributed by atoms with van der Waals surface area (Å²) in [4.78, 5) is 0. The standard InChI is InChI=1S/C27H56O3S/c1-3-5-7-9-11-13-15-17-19-21-23-30-27(25-28)26-31(29)24-22-20-18-16-14-12-10-8-6-4-2/h27-28H,3-26H2,1-2H3. The number of hydrogen-bond acceptors (Lipinski definition) is 3. The van der Waals surface area contributed by atoms with Gasteiger partial charge >= 0.3 is 0 Å². The number of rotatable bonds is 26. The number of unbranched alkanes of at least 4 members (excludes halogenated alkanes) is 18. The molecule has 188 valence electrons. The molecule has 2 unspecified atom stereocenters. The molecule has 0 saturated heterocycles. The van der Waals surface area contributed by atoms with Crippen molar-refractivity contribution in [1.82, 2.24) is 0 Å². The molecule has 0 aliphatic rings. The minimum Gasteiger partial charge on any atom is -0.394 e. The Morgan fingerprint density at radius 3 is 1.42 bits per heavy atom. The van der Waals surface area contributed by atoms with Crippen LogP contribution in [-0.2, 0) is 15.5 Å². The van der Waals surface area contributed by atoms with E-state index in [1.165, 1.54) is 116 Å². The Labute approximate surface area is 198 Å². The fraction of sp³-hybridized carbons (Fsp3) is 1.00. The molecule has 0 aromatic heterocycles. The first-order chi connectivity index (χ1) is 15.2. The minimum absolute atomic E-state index is 0.0124. The number of aliphatic hydroxyl groups excluding tert-OH is 1. The molecule has 0 aromatic carbocycles. The van der Waals surface area contributed by atoms with Gasteiger partial charge in [-0.05, 0) is 12.8 Å². The van der Waals surface area contributed by atoms with Crippen LogP contribution in [0.5, 0.6) is 0 Å². The maximum absolute atomic E-state index is 12.3. The summed E-state index contributed by atoms with van der Waals surface area (Å²) in [7, 11) is -0.863. The van der Waals surface area contributed by atoms with Crippen LogP contribution < -0.4 is 0 Å². The first-order valence-corrected chi connectivity index (χ1v) is 15.3. The van der Waals surface area contributed by atoms with Gasteiger partial charge in [0.05, 0.1) is 18.5 Å². The van der Waals surface area contributed by atoms with Crippen LogP contribution in [0.4, 0.5) is 0 Å². The van der Waals surface area contributed by atoms with E-state index in [2.05, 4.69) is 13.8 Å². The molecule has 0 aromatic rings. The van der Waals surface area contributed by atoms with Gasteiger partial charge in [0, 0.05) is 23.2 Å². The second-order valence-electron chi connectivity index (χ2n) is 9.35. The molecule has 0 saturated carbocycles. The first-order valence-electron chi connectivity index (χ1n) is 13.8. The summed E-state index contributed by atoms with van der Waals surface area (Å²) in [6.07, 6.45) is 25.9. The van der Waals surface area contributed by atoms with Crippen LogP contribution in [0.1, 0.15) is 142 Å². The molecule has 0 fully saturated rings. The van der Waals surface area contributed by atoms with Gasteiger partial charge < -0.3 is 9.84 Å². The lowest BCUT2D eigenvalue weighted by Gasteiger charge is -2.15. The first kappa shape index (κ1) is 31.1. The second-order valence-corrected chi connectivity index (χ2v) is 11.0. The van der Waals surface area contributed by atoms with Crippen LogP contribution >= 0.6 is 0 Å². The molecule has 31 heavy (non-hydrogen) atoms. The zero-order valence-electron chi connectivity index (χ0n) is 21.2. The van der Waals surface area contributed by atoms with Gasteiger partial charge in [0.2, 0.25) is 0 Å². The maximum Gasteiger partial charge on any atom is 0.0920 e. The molecule has 0 heterocycles. The predicted molar refractivity (Wildman–Crippen MR) is 138 cm³/mol. The lowest BCUT2D eigenvalue weighted by atomic mass is 10.1. The smallest absolute Gasteiger partial charge is 0.0920 e. The van der Waals surface area contributed by atoms with E-state index in [0.29, 0.717) is 12.4 Å². The third-order valence-electron chi connectivity index (χ3n) is 6.15. The zero-order valence-corrected chi connectivity index (χ0v) is 22.0. The van der Waals surface area contributed by atoms with Gasteiger partial charge in [-0.25, -0.2) is 0 Å². The van der Waals surface area contributed by atoms with Crippen LogP contribution in [0.25, 0.3) is 0 Å². The van der Waals surface area contributed by atoms with Crippen LogP contribution in [0, 0.1) is 0 Å². The summed E-state index contributed by atoms with van der Waals surface area (Å²) in [5.41, 5.74) is 0. The highest BCUT2D eigenvalue weighted by molar-refractivity contribution is 7.85. The Kier molecular flexibility index (Phi) is 26.4. The Morgan fingerprint density at radius 1 is 0.613 bits per heavy atom. The van der Waals surface area contributed by atoms with Crippen molar-refractivity contribution in [2.75, 3.05) is 24.7 Å². The molecule has 0 radical (unpaired) electrons. The molecule has 0 bridgehead atoms. The lowest BCUT2D eigenvalue weighted by Crippen LogP contribution is -2.26. The summed E-state index contributed by atoms with van der Waals surface area (Å²) in [6.45, 7) is 5.20. The van der Waals surface area contributed by atoms with E-state index in [4.69, 9.17) is 4.74 Å². The summed E-state index contributed by atoms with van der Waals surface area (Å²) in [5, 5.41) is 9.52. The maximum atomic E-state index is 12.3. The third-order valence-corrected chi connectivity index (χ3v) is 7.64. The van der Waals surface area contributed by atoms with Crippen molar-refractivity contribution < 1.29 is 14.1 Å². The Bertz CT molecular complexity index is 362. The molecule has 1 N–H and O–H groups in total. The van der Waals surface area contributed by atoms with Crippen LogP contribution in [0.3, 0.4) is 0 Å². The van der Waals surface area contributed by atoms with Gasteiger partial charge in [0.15, 0.2) is 0 Å². The monoisotopic (exact) mass is 460 g/mol. The topological polar surface area (TPSA) is 46.5 Å². The van der Waals surface area contributed by atoms with E-state index in [1.807, 2.05) is 0 Å². The Morgan fingerprint density at radius 2 is 1.00 bits per heavy atom. The summed E-state index contributed by atoms with van der Waals surface area (Å²) in [6, 6.07) is 0.